The molecule has 3 rings (SSSR count). The predicted molar refractivity (Wildman–Crippen MR) is 120 cm³/mol. The van der Waals surface area contributed by atoms with Gasteiger partial charge in [0.1, 0.15) is 11.5 Å². The fraction of sp³-hybridized carbons (Fsp3) is 0.280. The molecule has 0 aliphatic carbocycles. The second-order valence-electron chi connectivity index (χ2n) is 7.86. The number of allylic oxidation sites excluding steroid dienone is 2. The van der Waals surface area contributed by atoms with Crippen molar-refractivity contribution in [2.45, 2.75) is 39.7 Å². The van der Waals surface area contributed by atoms with Gasteiger partial charge in [-0.25, -0.2) is 4.79 Å². The number of fused-ring (bicyclic) bond motifs is 1. The van der Waals surface area contributed by atoms with E-state index in [4.69, 9.17) is 9.47 Å². The highest BCUT2D eigenvalue weighted by Crippen LogP contribution is 2.31. The van der Waals surface area contributed by atoms with E-state index in [9.17, 15) is 14.7 Å². The van der Waals surface area contributed by atoms with E-state index in [0.717, 1.165) is 33.5 Å². The molecule has 1 heterocycles. The average Bonchev–Trinajstić information content (AvgIpc) is 3.00. The number of methoxy groups -OCH3 is 1. The number of aromatic nitrogens is 1. The molecule has 0 aliphatic heterocycles. The Labute approximate surface area is 181 Å². The number of carboxylic acid groups (broad SMARTS) is 1. The third-order valence-electron chi connectivity index (χ3n) is 5.26. The van der Waals surface area contributed by atoms with Crippen LogP contribution in [-0.4, -0.2) is 34.3 Å². The second kappa shape index (κ2) is 8.68. The van der Waals surface area contributed by atoms with Gasteiger partial charge in [0.2, 0.25) is 0 Å². The van der Waals surface area contributed by atoms with Crippen LogP contribution < -0.4 is 9.47 Å². The summed E-state index contributed by atoms with van der Waals surface area (Å²) in [7, 11) is 1.62. The van der Waals surface area contributed by atoms with Crippen molar-refractivity contribution in [3.05, 3.63) is 71.4 Å². The van der Waals surface area contributed by atoms with Gasteiger partial charge in [0.15, 0.2) is 5.60 Å². The Balaban J connectivity index is 2.00. The first-order chi connectivity index (χ1) is 14.7. The highest BCUT2D eigenvalue weighted by molar-refractivity contribution is 6.01. The van der Waals surface area contributed by atoms with Crippen LogP contribution in [-0.2, 0) is 11.2 Å². The van der Waals surface area contributed by atoms with Crippen LogP contribution in [0.1, 0.15) is 42.4 Å². The molecule has 0 amide bonds. The van der Waals surface area contributed by atoms with Crippen LogP contribution in [0.15, 0.2) is 54.6 Å². The first kappa shape index (κ1) is 22.2. The fourth-order valence-corrected chi connectivity index (χ4v) is 3.53. The van der Waals surface area contributed by atoms with E-state index in [1.165, 1.54) is 13.8 Å². The van der Waals surface area contributed by atoms with Crippen molar-refractivity contribution in [2.75, 3.05) is 7.11 Å². The maximum Gasteiger partial charge on any atom is 0.347 e. The minimum absolute atomic E-state index is 0.0962. The molecular formula is C25H27NO5. The molecule has 0 radical (unpaired) electrons. The van der Waals surface area contributed by atoms with E-state index in [1.54, 1.807) is 36.0 Å². The number of carbonyl (C=O) groups is 2. The number of hydrogen-bond donors (Lipinski definition) is 1. The number of benzene rings is 2. The molecule has 6 heteroatoms. The molecule has 0 saturated heterocycles. The minimum atomic E-state index is -1.31. The van der Waals surface area contributed by atoms with Gasteiger partial charge in [-0.05, 0) is 81.7 Å². The summed E-state index contributed by atoms with van der Waals surface area (Å²) < 4.78 is 12.7. The molecule has 0 saturated carbocycles. The largest absolute Gasteiger partial charge is 0.497 e. The van der Waals surface area contributed by atoms with Gasteiger partial charge in [-0.3, -0.25) is 9.36 Å². The van der Waals surface area contributed by atoms with E-state index in [-0.39, 0.29) is 5.91 Å². The lowest BCUT2D eigenvalue weighted by molar-refractivity contribution is -0.152. The maximum atomic E-state index is 12.7. The quantitative estimate of drug-likeness (QED) is 0.543. The molecule has 3 aromatic rings. The van der Waals surface area contributed by atoms with Gasteiger partial charge in [0.05, 0.1) is 12.6 Å². The summed E-state index contributed by atoms with van der Waals surface area (Å²) in [6.45, 7) is 6.78. The monoisotopic (exact) mass is 421 g/mol. The van der Waals surface area contributed by atoms with Gasteiger partial charge in [0.25, 0.3) is 5.91 Å². The Morgan fingerprint density at radius 2 is 1.74 bits per heavy atom. The summed E-state index contributed by atoms with van der Waals surface area (Å²) >= 11 is 0. The zero-order chi connectivity index (χ0) is 22.8. The van der Waals surface area contributed by atoms with Crippen LogP contribution >= 0.6 is 0 Å². The fourth-order valence-electron chi connectivity index (χ4n) is 3.53. The minimum Gasteiger partial charge on any atom is -0.497 e. The van der Waals surface area contributed by atoms with Gasteiger partial charge in [-0.15, -0.1) is 0 Å². The molecule has 0 bridgehead atoms. The second-order valence-corrected chi connectivity index (χ2v) is 7.86. The molecular weight excluding hydrogens is 394 g/mol. The standard InChI is InChI=1S/C25H27NO5/c1-6-7-23(27)26-16(2)20(21-15-19(30-5)12-13-22(21)26)14-17-8-10-18(11-9-17)31-25(3,4)24(28)29/h6-13,15H,14H2,1-5H3,(H,28,29)/b7-6+. The van der Waals surface area contributed by atoms with Crippen molar-refractivity contribution >= 4 is 22.8 Å². The van der Waals surface area contributed by atoms with Crippen molar-refractivity contribution in [1.29, 1.82) is 0 Å². The summed E-state index contributed by atoms with van der Waals surface area (Å²) in [6, 6.07) is 13.0. The molecule has 0 atom stereocenters. The van der Waals surface area contributed by atoms with Crippen LogP contribution in [0.3, 0.4) is 0 Å². The SMILES string of the molecule is C/C=C/C(=O)n1c(C)c(Cc2ccc(OC(C)(C)C(=O)O)cc2)c2cc(OC)ccc21. The van der Waals surface area contributed by atoms with Gasteiger partial charge < -0.3 is 14.6 Å². The van der Waals surface area contributed by atoms with Gasteiger partial charge in [-0.1, -0.05) is 18.2 Å². The zero-order valence-electron chi connectivity index (χ0n) is 18.4. The molecule has 0 aliphatic rings. The number of rotatable bonds is 7. The Bertz CT molecular complexity index is 1150. The topological polar surface area (TPSA) is 77.8 Å². The summed E-state index contributed by atoms with van der Waals surface area (Å²) in [5.74, 6) is 0.0880. The molecule has 0 unspecified atom stereocenters. The van der Waals surface area contributed by atoms with E-state index in [0.29, 0.717) is 12.2 Å². The Morgan fingerprint density at radius 1 is 1.10 bits per heavy atom. The summed E-state index contributed by atoms with van der Waals surface area (Å²) in [5.41, 5.74) is 2.45. The summed E-state index contributed by atoms with van der Waals surface area (Å²) in [6.07, 6.45) is 3.89. The lowest BCUT2D eigenvalue weighted by atomic mass is 10.0. The predicted octanol–water partition coefficient (Wildman–Crippen LogP) is 5.01. The number of carbonyl (C=O) groups excluding carboxylic acids is 1. The van der Waals surface area contributed by atoms with Gasteiger partial charge >= 0.3 is 5.97 Å². The molecule has 0 fully saturated rings. The molecule has 1 aromatic heterocycles. The van der Waals surface area contributed by atoms with Crippen LogP contribution in [0.25, 0.3) is 10.9 Å². The van der Waals surface area contributed by atoms with E-state index in [1.807, 2.05) is 44.2 Å². The highest BCUT2D eigenvalue weighted by Gasteiger charge is 2.29. The number of ether oxygens (including phenoxy) is 2. The third kappa shape index (κ3) is 4.48. The maximum absolute atomic E-state index is 12.7. The van der Waals surface area contributed by atoms with Crippen molar-refractivity contribution in [3.63, 3.8) is 0 Å². The van der Waals surface area contributed by atoms with E-state index >= 15 is 0 Å². The average molecular weight is 421 g/mol. The normalized spacial score (nSPS) is 11.8. The molecule has 162 valence electrons. The van der Waals surface area contributed by atoms with Crippen LogP contribution in [0.2, 0.25) is 0 Å². The molecule has 0 spiro atoms. The van der Waals surface area contributed by atoms with Crippen molar-refractivity contribution in [1.82, 2.24) is 4.57 Å². The van der Waals surface area contributed by atoms with Crippen LogP contribution in [0.4, 0.5) is 0 Å². The smallest absolute Gasteiger partial charge is 0.347 e. The number of aliphatic carboxylic acids is 1. The van der Waals surface area contributed by atoms with Gasteiger partial charge in [-0.2, -0.15) is 0 Å². The lowest BCUT2D eigenvalue weighted by Gasteiger charge is -2.21. The van der Waals surface area contributed by atoms with E-state index in [2.05, 4.69) is 0 Å². The summed E-state index contributed by atoms with van der Waals surface area (Å²) in [4.78, 5) is 24.0. The Kier molecular flexibility index (Phi) is 6.20. The first-order valence-electron chi connectivity index (χ1n) is 10.0. The highest BCUT2D eigenvalue weighted by atomic mass is 16.5. The van der Waals surface area contributed by atoms with E-state index < -0.39 is 11.6 Å². The molecule has 1 N–H and O–H groups in total. The zero-order valence-corrected chi connectivity index (χ0v) is 18.4. The molecule has 2 aromatic carbocycles. The third-order valence-corrected chi connectivity index (χ3v) is 5.26. The summed E-state index contributed by atoms with van der Waals surface area (Å²) in [5, 5.41) is 10.2. The van der Waals surface area contributed by atoms with Crippen molar-refractivity contribution < 1.29 is 24.2 Å². The number of carboxylic acids is 1. The van der Waals surface area contributed by atoms with Crippen LogP contribution in [0.5, 0.6) is 11.5 Å². The Morgan fingerprint density at radius 3 is 2.32 bits per heavy atom. The molecule has 6 nitrogen and oxygen atoms in total. The number of nitrogens with zero attached hydrogens (tertiary/aromatic N) is 1. The van der Waals surface area contributed by atoms with Crippen molar-refractivity contribution in [3.8, 4) is 11.5 Å². The molecule has 31 heavy (non-hydrogen) atoms. The van der Waals surface area contributed by atoms with Crippen molar-refractivity contribution in [2.24, 2.45) is 0 Å². The number of hydrogen-bond acceptors (Lipinski definition) is 4. The first-order valence-corrected chi connectivity index (χ1v) is 10.0. The Hall–Kier alpha value is -3.54. The lowest BCUT2D eigenvalue weighted by Crippen LogP contribution is -2.37. The van der Waals surface area contributed by atoms with Gasteiger partial charge in [0, 0.05) is 11.1 Å². The van der Waals surface area contributed by atoms with Crippen LogP contribution in [0, 0.1) is 6.92 Å².